The molecule has 1 aliphatic carbocycles. The summed E-state index contributed by atoms with van der Waals surface area (Å²) in [5.41, 5.74) is -0.595. The van der Waals surface area contributed by atoms with Crippen LogP contribution in [0.3, 0.4) is 0 Å². The van der Waals surface area contributed by atoms with E-state index in [1.165, 1.54) is 24.5 Å². The normalized spacial score (nSPS) is 16.2. The Morgan fingerprint density at radius 1 is 1.38 bits per heavy atom. The lowest BCUT2D eigenvalue weighted by molar-refractivity contribution is -0.384. The van der Waals surface area contributed by atoms with Gasteiger partial charge in [-0.15, -0.1) is 0 Å². The van der Waals surface area contributed by atoms with Crippen LogP contribution in [0.2, 0.25) is 0 Å². The van der Waals surface area contributed by atoms with Gasteiger partial charge in [-0.3, -0.25) is 10.1 Å². The van der Waals surface area contributed by atoms with Gasteiger partial charge in [0.05, 0.1) is 10.4 Å². The molecular formula is C13H12N4O4. The van der Waals surface area contributed by atoms with Crippen LogP contribution in [0.4, 0.5) is 11.5 Å². The van der Waals surface area contributed by atoms with Crippen molar-refractivity contribution in [2.24, 2.45) is 0 Å². The Labute approximate surface area is 119 Å². The lowest BCUT2D eigenvalue weighted by Gasteiger charge is -2.38. The summed E-state index contributed by atoms with van der Waals surface area (Å²) in [5.74, 6) is -0.628. The van der Waals surface area contributed by atoms with Crippen molar-refractivity contribution in [3.05, 3.63) is 34.6 Å². The van der Waals surface area contributed by atoms with E-state index in [1.54, 1.807) is 0 Å². The van der Waals surface area contributed by atoms with Crippen LogP contribution in [-0.2, 0) is 4.79 Å². The number of non-ortho nitro benzene ring substituents is 1. The van der Waals surface area contributed by atoms with E-state index in [2.05, 4.69) is 15.3 Å². The molecule has 3 rings (SSSR count). The number of aromatic nitrogens is 2. The number of nitrogens with zero attached hydrogens (tertiary/aromatic N) is 3. The lowest BCUT2D eigenvalue weighted by atomic mass is 9.76. The molecule has 8 nitrogen and oxygen atoms in total. The summed E-state index contributed by atoms with van der Waals surface area (Å²) < 4.78 is 0. The zero-order valence-corrected chi connectivity index (χ0v) is 10.9. The number of rotatable bonds is 4. The first-order valence-electron chi connectivity index (χ1n) is 6.43. The molecule has 0 aliphatic heterocycles. The van der Waals surface area contributed by atoms with Crippen molar-refractivity contribution in [3.63, 3.8) is 0 Å². The Bertz CT molecular complexity index is 742. The topological polar surface area (TPSA) is 118 Å². The third-order valence-electron chi connectivity index (χ3n) is 3.80. The van der Waals surface area contributed by atoms with Crippen molar-refractivity contribution in [1.29, 1.82) is 0 Å². The molecule has 21 heavy (non-hydrogen) atoms. The Hall–Kier alpha value is -2.77. The molecule has 1 aliphatic rings. The standard InChI is InChI=1S/C13H12N4O4/c18-12(19)13(4-1-5-13)16-11-9-6-8(17(20)21)2-3-10(9)14-7-15-11/h2-3,6-7H,1,4-5H2,(H,18,19)(H,14,15,16). The molecule has 1 aromatic heterocycles. The van der Waals surface area contributed by atoms with Crippen molar-refractivity contribution < 1.29 is 14.8 Å². The summed E-state index contributed by atoms with van der Waals surface area (Å²) in [5, 5.41) is 23.6. The number of benzene rings is 1. The summed E-state index contributed by atoms with van der Waals surface area (Å²) in [4.78, 5) is 29.9. The first kappa shape index (κ1) is 13.2. The highest BCUT2D eigenvalue weighted by Gasteiger charge is 2.45. The van der Waals surface area contributed by atoms with Crippen LogP contribution in [0.1, 0.15) is 19.3 Å². The predicted molar refractivity (Wildman–Crippen MR) is 74.0 cm³/mol. The van der Waals surface area contributed by atoms with Gasteiger partial charge in [-0.1, -0.05) is 0 Å². The van der Waals surface area contributed by atoms with Crippen molar-refractivity contribution in [1.82, 2.24) is 9.97 Å². The minimum Gasteiger partial charge on any atom is -0.480 e. The molecule has 0 radical (unpaired) electrons. The Morgan fingerprint density at radius 3 is 2.71 bits per heavy atom. The molecule has 8 heteroatoms. The fourth-order valence-corrected chi connectivity index (χ4v) is 2.41. The predicted octanol–water partition coefficient (Wildman–Crippen LogP) is 1.96. The molecule has 0 atom stereocenters. The second-order valence-electron chi connectivity index (χ2n) is 5.05. The molecule has 1 heterocycles. The van der Waals surface area contributed by atoms with Gasteiger partial charge in [0, 0.05) is 17.5 Å². The Morgan fingerprint density at radius 2 is 2.14 bits per heavy atom. The van der Waals surface area contributed by atoms with E-state index in [1.807, 2.05) is 0 Å². The molecule has 0 amide bonds. The highest BCUT2D eigenvalue weighted by Crippen LogP contribution is 2.37. The highest BCUT2D eigenvalue weighted by atomic mass is 16.6. The average molecular weight is 288 g/mol. The second kappa shape index (κ2) is 4.65. The van der Waals surface area contributed by atoms with Crippen molar-refractivity contribution in [2.45, 2.75) is 24.8 Å². The second-order valence-corrected chi connectivity index (χ2v) is 5.05. The van der Waals surface area contributed by atoms with E-state index in [0.717, 1.165) is 6.42 Å². The summed E-state index contributed by atoms with van der Waals surface area (Å²) in [7, 11) is 0. The summed E-state index contributed by atoms with van der Waals surface area (Å²) in [6.07, 6.45) is 3.14. The quantitative estimate of drug-likeness (QED) is 0.652. The number of hydrogen-bond donors (Lipinski definition) is 2. The number of carbonyl (C=O) groups is 1. The number of fused-ring (bicyclic) bond motifs is 1. The molecule has 2 N–H and O–H groups in total. The Balaban J connectivity index is 2.07. The molecule has 0 bridgehead atoms. The van der Waals surface area contributed by atoms with E-state index >= 15 is 0 Å². The molecular weight excluding hydrogens is 276 g/mol. The van der Waals surface area contributed by atoms with E-state index < -0.39 is 16.4 Å². The van der Waals surface area contributed by atoms with E-state index in [-0.39, 0.29) is 5.69 Å². The number of nitro benzene ring substituents is 1. The van der Waals surface area contributed by atoms with Gasteiger partial charge in [0.25, 0.3) is 5.69 Å². The maximum atomic E-state index is 11.4. The van der Waals surface area contributed by atoms with Gasteiger partial charge >= 0.3 is 5.97 Å². The molecule has 108 valence electrons. The molecule has 0 unspecified atom stereocenters. The van der Waals surface area contributed by atoms with Crippen molar-refractivity contribution in [3.8, 4) is 0 Å². The number of hydrogen-bond acceptors (Lipinski definition) is 6. The lowest BCUT2D eigenvalue weighted by Crippen LogP contribution is -2.52. The summed E-state index contributed by atoms with van der Waals surface area (Å²) in [6, 6.07) is 4.23. The van der Waals surface area contributed by atoms with Crippen LogP contribution >= 0.6 is 0 Å². The maximum Gasteiger partial charge on any atom is 0.329 e. The molecule has 0 saturated heterocycles. The number of aliphatic carboxylic acids is 1. The van der Waals surface area contributed by atoms with E-state index in [0.29, 0.717) is 29.6 Å². The van der Waals surface area contributed by atoms with Crippen LogP contribution in [-0.4, -0.2) is 31.5 Å². The summed E-state index contributed by atoms with van der Waals surface area (Å²) in [6.45, 7) is 0. The molecule has 1 fully saturated rings. The van der Waals surface area contributed by atoms with Crippen LogP contribution in [0, 0.1) is 10.1 Å². The van der Waals surface area contributed by atoms with Gasteiger partial charge < -0.3 is 10.4 Å². The third-order valence-corrected chi connectivity index (χ3v) is 3.80. The first-order valence-corrected chi connectivity index (χ1v) is 6.43. The zero-order valence-electron chi connectivity index (χ0n) is 10.9. The monoisotopic (exact) mass is 288 g/mol. The number of carboxylic acids is 1. The zero-order chi connectivity index (χ0) is 15.0. The van der Waals surface area contributed by atoms with Crippen LogP contribution in [0.5, 0.6) is 0 Å². The number of carboxylic acid groups (broad SMARTS) is 1. The van der Waals surface area contributed by atoms with Gasteiger partial charge in [0.15, 0.2) is 0 Å². The van der Waals surface area contributed by atoms with Gasteiger partial charge in [-0.2, -0.15) is 0 Å². The van der Waals surface area contributed by atoms with Gasteiger partial charge in [-0.25, -0.2) is 14.8 Å². The van der Waals surface area contributed by atoms with Gasteiger partial charge in [-0.05, 0) is 25.3 Å². The smallest absolute Gasteiger partial charge is 0.329 e. The fourth-order valence-electron chi connectivity index (χ4n) is 2.41. The van der Waals surface area contributed by atoms with Crippen LogP contribution in [0.15, 0.2) is 24.5 Å². The van der Waals surface area contributed by atoms with E-state index in [4.69, 9.17) is 0 Å². The van der Waals surface area contributed by atoms with E-state index in [9.17, 15) is 20.0 Å². The Kier molecular flexibility index (Phi) is 2.93. The molecule has 0 spiro atoms. The minimum atomic E-state index is -1.04. The van der Waals surface area contributed by atoms with Gasteiger partial charge in [0.1, 0.15) is 17.7 Å². The third kappa shape index (κ3) is 2.14. The average Bonchev–Trinajstić information content (AvgIpc) is 2.41. The van der Waals surface area contributed by atoms with Crippen molar-refractivity contribution >= 4 is 28.4 Å². The fraction of sp³-hybridized carbons (Fsp3) is 0.308. The van der Waals surface area contributed by atoms with Crippen LogP contribution < -0.4 is 5.32 Å². The van der Waals surface area contributed by atoms with Crippen molar-refractivity contribution in [2.75, 3.05) is 5.32 Å². The molecule has 1 saturated carbocycles. The highest BCUT2D eigenvalue weighted by molar-refractivity contribution is 5.93. The summed E-state index contributed by atoms with van der Waals surface area (Å²) >= 11 is 0. The largest absolute Gasteiger partial charge is 0.480 e. The minimum absolute atomic E-state index is 0.0849. The molecule has 2 aromatic rings. The molecule has 1 aromatic carbocycles. The number of nitrogens with one attached hydrogen (secondary N) is 1. The van der Waals surface area contributed by atoms with Gasteiger partial charge in [0.2, 0.25) is 0 Å². The number of nitro groups is 1. The van der Waals surface area contributed by atoms with Crippen LogP contribution in [0.25, 0.3) is 10.9 Å². The number of anilines is 1. The maximum absolute atomic E-state index is 11.4. The first-order chi connectivity index (χ1) is 10.0. The SMILES string of the molecule is O=C(O)C1(Nc2ncnc3ccc([N+](=O)[O-])cc23)CCC1.